The second kappa shape index (κ2) is 5.12. The van der Waals surface area contributed by atoms with E-state index in [4.69, 9.17) is 4.42 Å². The van der Waals surface area contributed by atoms with E-state index in [1.165, 1.54) is 6.07 Å². The molecule has 25 heavy (non-hydrogen) atoms. The van der Waals surface area contributed by atoms with Crippen LogP contribution in [0.2, 0.25) is 0 Å². The second-order valence-electron chi connectivity index (χ2n) is 5.68. The van der Waals surface area contributed by atoms with Crippen LogP contribution in [0.5, 0.6) is 0 Å². The number of aromatic nitrogens is 1. The van der Waals surface area contributed by atoms with Crippen LogP contribution in [0.25, 0.3) is 43.4 Å². The van der Waals surface area contributed by atoms with E-state index in [0.717, 1.165) is 38.4 Å². The molecule has 0 unspecified atom stereocenters. The van der Waals surface area contributed by atoms with E-state index in [1.807, 2.05) is 36.4 Å². The van der Waals surface area contributed by atoms with E-state index in [-0.39, 0.29) is 5.00 Å². The largest absolute Gasteiger partial charge is 0.435 e. The van der Waals surface area contributed by atoms with Crippen LogP contribution in [0.4, 0.5) is 5.00 Å². The van der Waals surface area contributed by atoms with Gasteiger partial charge in [0, 0.05) is 16.8 Å². The predicted octanol–water partition coefficient (Wildman–Crippen LogP) is 5.77. The Balaban J connectivity index is 1.88. The molecule has 2 heterocycles. The fraction of sp³-hybridized carbons (Fsp3) is 0. The Kier molecular flexibility index (Phi) is 2.89. The van der Waals surface area contributed by atoms with Gasteiger partial charge in [-0.05, 0) is 16.8 Å². The summed E-state index contributed by atoms with van der Waals surface area (Å²) in [4.78, 5) is 15.8. The van der Waals surface area contributed by atoms with Gasteiger partial charge in [0.2, 0.25) is 5.89 Å². The Labute approximate surface area is 145 Å². The Morgan fingerprint density at radius 2 is 1.52 bits per heavy atom. The Hall–Kier alpha value is -3.25. The molecule has 0 fully saturated rings. The number of rotatable bonds is 2. The normalized spacial score (nSPS) is 11.5. The first-order valence-electron chi connectivity index (χ1n) is 7.67. The highest BCUT2D eigenvalue weighted by Gasteiger charge is 2.18. The van der Waals surface area contributed by atoms with Crippen LogP contribution in [-0.2, 0) is 0 Å². The SMILES string of the molecule is O=[N+]([O-])c1ccc(-c2nc3c4ccccc4c4ccccc4c3o2)s1. The average Bonchev–Trinajstić information content (AvgIpc) is 3.29. The van der Waals surface area contributed by atoms with E-state index in [0.29, 0.717) is 16.4 Å². The van der Waals surface area contributed by atoms with Crippen LogP contribution in [0, 0.1) is 10.1 Å². The van der Waals surface area contributed by atoms with Crippen LogP contribution < -0.4 is 0 Å². The molecule has 0 amide bonds. The van der Waals surface area contributed by atoms with Crippen molar-refractivity contribution in [3.8, 4) is 10.8 Å². The summed E-state index contributed by atoms with van der Waals surface area (Å²) in [6.45, 7) is 0. The van der Waals surface area contributed by atoms with E-state index in [1.54, 1.807) is 6.07 Å². The van der Waals surface area contributed by atoms with Gasteiger partial charge in [-0.3, -0.25) is 10.1 Å². The lowest BCUT2D eigenvalue weighted by molar-refractivity contribution is -0.380. The minimum atomic E-state index is -0.401. The van der Waals surface area contributed by atoms with Gasteiger partial charge in [0.25, 0.3) is 0 Å². The molecule has 0 saturated heterocycles. The van der Waals surface area contributed by atoms with Crippen molar-refractivity contribution < 1.29 is 9.34 Å². The molecular formula is C19H10N2O3S. The van der Waals surface area contributed by atoms with E-state index >= 15 is 0 Å². The highest BCUT2D eigenvalue weighted by atomic mass is 32.1. The number of nitrogens with zero attached hydrogens (tertiary/aromatic N) is 2. The van der Waals surface area contributed by atoms with Gasteiger partial charge in [-0.25, -0.2) is 4.98 Å². The van der Waals surface area contributed by atoms with Gasteiger partial charge in [0.1, 0.15) is 5.52 Å². The van der Waals surface area contributed by atoms with Crippen molar-refractivity contribution in [3.05, 3.63) is 70.8 Å². The van der Waals surface area contributed by atoms with Gasteiger partial charge in [0.05, 0.1) is 9.80 Å². The molecule has 0 N–H and O–H groups in total. The summed E-state index contributed by atoms with van der Waals surface area (Å²) in [5.41, 5.74) is 1.49. The van der Waals surface area contributed by atoms with Crippen molar-refractivity contribution in [2.24, 2.45) is 0 Å². The van der Waals surface area contributed by atoms with Crippen molar-refractivity contribution in [2.75, 3.05) is 0 Å². The van der Waals surface area contributed by atoms with Crippen LogP contribution in [0.15, 0.2) is 65.1 Å². The molecule has 5 aromatic rings. The average molecular weight is 346 g/mol. The van der Waals surface area contributed by atoms with Crippen molar-refractivity contribution in [1.82, 2.24) is 4.98 Å². The second-order valence-corrected chi connectivity index (χ2v) is 6.75. The van der Waals surface area contributed by atoms with Crippen LogP contribution in [0.1, 0.15) is 0 Å². The number of benzene rings is 3. The first-order chi connectivity index (χ1) is 12.2. The maximum Gasteiger partial charge on any atom is 0.324 e. The minimum Gasteiger partial charge on any atom is -0.435 e. The molecule has 120 valence electrons. The first-order valence-corrected chi connectivity index (χ1v) is 8.48. The number of hydrogen-bond acceptors (Lipinski definition) is 5. The molecule has 0 spiro atoms. The summed E-state index contributed by atoms with van der Waals surface area (Å²) in [6, 6.07) is 19.3. The van der Waals surface area contributed by atoms with Crippen LogP contribution in [0.3, 0.4) is 0 Å². The van der Waals surface area contributed by atoms with Crippen molar-refractivity contribution >= 4 is 49.0 Å². The third-order valence-corrected chi connectivity index (χ3v) is 5.28. The van der Waals surface area contributed by atoms with Gasteiger partial charge in [-0.15, -0.1) is 0 Å². The van der Waals surface area contributed by atoms with Crippen molar-refractivity contribution in [1.29, 1.82) is 0 Å². The maximum atomic E-state index is 10.9. The molecule has 2 aromatic heterocycles. The number of fused-ring (bicyclic) bond motifs is 6. The van der Waals surface area contributed by atoms with Crippen LogP contribution in [-0.4, -0.2) is 9.91 Å². The number of nitro groups is 1. The zero-order chi connectivity index (χ0) is 17.0. The minimum absolute atomic E-state index is 0.0759. The van der Waals surface area contributed by atoms with Gasteiger partial charge >= 0.3 is 5.00 Å². The quantitative estimate of drug-likeness (QED) is 0.231. The Morgan fingerprint density at radius 3 is 2.20 bits per heavy atom. The lowest BCUT2D eigenvalue weighted by atomic mass is 10.0. The summed E-state index contributed by atoms with van der Waals surface area (Å²) in [6.07, 6.45) is 0. The molecule has 0 aliphatic rings. The molecule has 0 radical (unpaired) electrons. The zero-order valence-corrected chi connectivity index (χ0v) is 13.6. The first kappa shape index (κ1) is 14.1. The molecule has 0 aliphatic carbocycles. The molecule has 0 atom stereocenters. The molecule has 0 bridgehead atoms. The standard InChI is InChI=1S/C19H10N2O3S/c22-21(23)16-10-9-15(25-16)19-20-17-13-7-3-1-5-11(13)12-6-2-4-8-14(12)18(17)24-19/h1-10H. The third kappa shape index (κ3) is 2.04. The monoisotopic (exact) mass is 346 g/mol. The zero-order valence-electron chi connectivity index (χ0n) is 12.8. The highest BCUT2D eigenvalue weighted by molar-refractivity contribution is 7.18. The lowest BCUT2D eigenvalue weighted by Crippen LogP contribution is -1.80. The molecular weight excluding hydrogens is 336 g/mol. The fourth-order valence-corrected chi connectivity index (χ4v) is 3.92. The topological polar surface area (TPSA) is 69.2 Å². The Morgan fingerprint density at radius 1 is 0.880 bits per heavy atom. The number of oxazole rings is 1. The summed E-state index contributed by atoms with van der Waals surface area (Å²) < 4.78 is 6.05. The summed E-state index contributed by atoms with van der Waals surface area (Å²) in [5, 5.41) is 15.2. The van der Waals surface area contributed by atoms with Crippen molar-refractivity contribution in [3.63, 3.8) is 0 Å². The van der Waals surface area contributed by atoms with Gasteiger partial charge in [-0.2, -0.15) is 0 Å². The van der Waals surface area contributed by atoms with Gasteiger partial charge in [-0.1, -0.05) is 59.9 Å². The Bertz CT molecular complexity index is 1210. The van der Waals surface area contributed by atoms with Crippen LogP contribution >= 0.6 is 11.3 Å². The van der Waals surface area contributed by atoms with Gasteiger partial charge < -0.3 is 4.42 Å². The number of thiophene rings is 1. The fourth-order valence-electron chi connectivity index (χ4n) is 3.17. The van der Waals surface area contributed by atoms with E-state index in [2.05, 4.69) is 17.1 Å². The smallest absolute Gasteiger partial charge is 0.324 e. The lowest BCUT2D eigenvalue weighted by Gasteiger charge is -2.04. The molecule has 0 aliphatic heterocycles. The van der Waals surface area contributed by atoms with Gasteiger partial charge in [0.15, 0.2) is 5.58 Å². The highest BCUT2D eigenvalue weighted by Crippen LogP contribution is 2.39. The maximum absolute atomic E-state index is 10.9. The predicted molar refractivity (Wildman–Crippen MR) is 99.0 cm³/mol. The molecule has 6 heteroatoms. The summed E-state index contributed by atoms with van der Waals surface area (Å²) in [7, 11) is 0. The van der Waals surface area contributed by atoms with E-state index < -0.39 is 4.92 Å². The summed E-state index contributed by atoms with van der Waals surface area (Å²) >= 11 is 1.06. The molecule has 5 nitrogen and oxygen atoms in total. The third-order valence-electron chi connectivity index (χ3n) is 4.25. The number of hydrogen-bond donors (Lipinski definition) is 0. The summed E-state index contributed by atoms with van der Waals surface area (Å²) in [5.74, 6) is 0.412. The molecule has 0 saturated carbocycles. The van der Waals surface area contributed by atoms with E-state index in [9.17, 15) is 10.1 Å². The molecule has 5 rings (SSSR count). The molecule has 3 aromatic carbocycles. The van der Waals surface area contributed by atoms with Crippen molar-refractivity contribution in [2.45, 2.75) is 0 Å².